The molecule has 0 fully saturated rings. The molecule has 90 valence electrons. The van der Waals surface area contributed by atoms with Crippen LogP contribution in [0.25, 0.3) is 11.4 Å². The molecule has 3 heterocycles. The van der Waals surface area contributed by atoms with Crippen LogP contribution in [0.2, 0.25) is 0 Å². The Hall–Kier alpha value is -2.70. The van der Waals surface area contributed by atoms with Crippen LogP contribution in [0.5, 0.6) is 0 Å². The van der Waals surface area contributed by atoms with Crippen molar-refractivity contribution in [3.8, 4) is 11.4 Å². The van der Waals surface area contributed by atoms with Gasteiger partial charge in [-0.1, -0.05) is 0 Å². The summed E-state index contributed by atoms with van der Waals surface area (Å²) in [5.41, 5.74) is 6.79. The smallest absolute Gasteiger partial charge is 0.269 e. The molecule has 0 saturated carbocycles. The Morgan fingerprint density at radius 2 is 2.22 bits per heavy atom. The minimum absolute atomic E-state index is 0.184. The van der Waals surface area contributed by atoms with Crippen molar-refractivity contribution in [3.63, 3.8) is 0 Å². The van der Waals surface area contributed by atoms with Gasteiger partial charge in [0.05, 0.1) is 6.67 Å². The lowest BCUT2D eigenvalue weighted by atomic mass is 10.2. The summed E-state index contributed by atoms with van der Waals surface area (Å²) in [6.45, 7) is 0.501. The van der Waals surface area contributed by atoms with Crippen LogP contribution < -0.4 is 16.4 Å². The second-order valence-corrected chi connectivity index (χ2v) is 3.76. The Labute approximate surface area is 102 Å². The highest BCUT2D eigenvalue weighted by Crippen LogP contribution is 2.29. The lowest BCUT2D eigenvalue weighted by molar-refractivity contribution is 0.0996. The zero-order chi connectivity index (χ0) is 12.5. The summed E-state index contributed by atoms with van der Waals surface area (Å²) in [6, 6.07) is 3.60. The molecule has 0 aromatic carbocycles. The van der Waals surface area contributed by atoms with Crippen molar-refractivity contribution < 1.29 is 4.79 Å². The molecule has 0 bridgehead atoms. The number of anilines is 2. The number of carbonyl (C=O) groups excluding carboxylic acids is 1. The molecule has 7 heteroatoms. The summed E-state index contributed by atoms with van der Waals surface area (Å²) in [6.07, 6.45) is 3.29. The molecule has 0 saturated heterocycles. The molecule has 0 aliphatic carbocycles. The lowest BCUT2D eigenvalue weighted by Gasteiger charge is -2.06. The largest absolute Gasteiger partial charge is 0.364 e. The zero-order valence-electron chi connectivity index (χ0n) is 9.34. The SMILES string of the molecule is NC(=O)c1nc(-c2cccnc2)nc2c1NCN2. The highest BCUT2D eigenvalue weighted by Gasteiger charge is 2.22. The molecular weight excluding hydrogens is 232 g/mol. The normalized spacial score (nSPS) is 12.4. The maximum absolute atomic E-state index is 11.4. The van der Waals surface area contributed by atoms with Crippen molar-refractivity contribution in [2.24, 2.45) is 5.73 Å². The maximum atomic E-state index is 11.4. The number of carbonyl (C=O) groups is 1. The molecule has 18 heavy (non-hydrogen) atoms. The first-order valence-electron chi connectivity index (χ1n) is 5.35. The van der Waals surface area contributed by atoms with Crippen molar-refractivity contribution in [3.05, 3.63) is 30.2 Å². The average Bonchev–Trinajstić information content (AvgIpc) is 2.86. The van der Waals surface area contributed by atoms with Crippen LogP contribution in [0.15, 0.2) is 24.5 Å². The van der Waals surface area contributed by atoms with Gasteiger partial charge in [-0.2, -0.15) is 0 Å². The maximum Gasteiger partial charge on any atom is 0.269 e. The second-order valence-electron chi connectivity index (χ2n) is 3.76. The summed E-state index contributed by atoms with van der Waals surface area (Å²) in [5.74, 6) is 0.416. The van der Waals surface area contributed by atoms with E-state index < -0.39 is 5.91 Å². The van der Waals surface area contributed by atoms with Crippen LogP contribution in [0, 0.1) is 0 Å². The van der Waals surface area contributed by atoms with Crippen molar-refractivity contribution in [2.45, 2.75) is 0 Å². The van der Waals surface area contributed by atoms with Crippen LogP contribution in [-0.4, -0.2) is 27.5 Å². The van der Waals surface area contributed by atoms with Gasteiger partial charge in [-0.3, -0.25) is 9.78 Å². The third-order valence-electron chi connectivity index (χ3n) is 2.58. The number of nitrogens with one attached hydrogen (secondary N) is 2. The van der Waals surface area contributed by atoms with Crippen molar-refractivity contribution in [2.75, 3.05) is 17.3 Å². The highest BCUT2D eigenvalue weighted by atomic mass is 16.1. The van der Waals surface area contributed by atoms with Crippen LogP contribution in [0.3, 0.4) is 0 Å². The first kappa shape index (κ1) is 10.5. The highest BCUT2D eigenvalue weighted by molar-refractivity contribution is 6.00. The summed E-state index contributed by atoms with van der Waals surface area (Å²) >= 11 is 0. The number of nitrogens with two attached hydrogens (primary N) is 1. The first-order chi connectivity index (χ1) is 8.75. The Morgan fingerprint density at radius 1 is 1.33 bits per heavy atom. The molecule has 0 atom stereocenters. The molecule has 0 unspecified atom stereocenters. The van der Waals surface area contributed by atoms with Crippen LogP contribution in [0.4, 0.5) is 11.5 Å². The van der Waals surface area contributed by atoms with Gasteiger partial charge in [-0.05, 0) is 12.1 Å². The van der Waals surface area contributed by atoms with E-state index in [9.17, 15) is 4.79 Å². The summed E-state index contributed by atoms with van der Waals surface area (Å²) in [5, 5.41) is 5.99. The van der Waals surface area contributed by atoms with Crippen molar-refractivity contribution in [1.82, 2.24) is 15.0 Å². The Balaban J connectivity index is 2.18. The van der Waals surface area contributed by atoms with E-state index in [1.807, 2.05) is 6.07 Å². The fourth-order valence-electron chi connectivity index (χ4n) is 1.77. The van der Waals surface area contributed by atoms with Gasteiger partial charge >= 0.3 is 0 Å². The van der Waals surface area contributed by atoms with Crippen molar-refractivity contribution >= 4 is 17.4 Å². The number of aromatic nitrogens is 3. The quantitative estimate of drug-likeness (QED) is 0.705. The third-order valence-corrected chi connectivity index (χ3v) is 2.58. The number of primary amides is 1. The summed E-state index contributed by atoms with van der Waals surface area (Å²) in [4.78, 5) is 23.9. The number of hydrogen-bond acceptors (Lipinski definition) is 6. The van der Waals surface area contributed by atoms with Crippen LogP contribution in [-0.2, 0) is 0 Å². The predicted molar refractivity (Wildman–Crippen MR) is 65.9 cm³/mol. The number of rotatable bonds is 2. The van der Waals surface area contributed by atoms with E-state index in [1.54, 1.807) is 18.5 Å². The monoisotopic (exact) mass is 242 g/mol. The minimum Gasteiger partial charge on any atom is -0.364 e. The first-order valence-corrected chi connectivity index (χ1v) is 5.35. The molecule has 0 radical (unpaired) electrons. The van der Waals surface area contributed by atoms with E-state index in [0.29, 0.717) is 24.0 Å². The number of fused-ring (bicyclic) bond motifs is 1. The number of hydrogen-bond donors (Lipinski definition) is 3. The Morgan fingerprint density at radius 3 is 2.94 bits per heavy atom. The molecule has 0 spiro atoms. The molecule has 7 nitrogen and oxygen atoms in total. The number of amides is 1. The van der Waals surface area contributed by atoms with E-state index >= 15 is 0 Å². The van der Waals surface area contributed by atoms with Gasteiger partial charge in [0.15, 0.2) is 17.3 Å². The standard InChI is InChI=1S/C11H10N6O/c12-9(18)7-8-11(15-5-14-8)17-10(16-7)6-2-1-3-13-4-6/h1-4,14H,5H2,(H2,12,18)(H,15,16,17). The summed E-state index contributed by atoms with van der Waals surface area (Å²) < 4.78 is 0. The molecule has 3 rings (SSSR count). The van der Waals surface area contributed by atoms with E-state index in [2.05, 4.69) is 25.6 Å². The van der Waals surface area contributed by atoms with E-state index in [-0.39, 0.29) is 5.69 Å². The van der Waals surface area contributed by atoms with Gasteiger partial charge in [0, 0.05) is 18.0 Å². The molecule has 4 N–H and O–H groups in total. The molecule has 1 amide bonds. The Bertz CT molecular complexity index is 612. The van der Waals surface area contributed by atoms with Gasteiger partial charge in [0.2, 0.25) is 0 Å². The molecule has 1 aliphatic heterocycles. The molecule has 2 aromatic rings. The van der Waals surface area contributed by atoms with Gasteiger partial charge in [0.1, 0.15) is 5.69 Å². The van der Waals surface area contributed by atoms with Crippen molar-refractivity contribution in [1.29, 1.82) is 0 Å². The predicted octanol–water partition coefficient (Wildman–Crippen LogP) is 0.432. The number of nitrogens with zero attached hydrogens (tertiary/aromatic N) is 3. The van der Waals surface area contributed by atoms with Gasteiger partial charge in [-0.25, -0.2) is 9.97 Å². The molecule has 1 aliphatic rings. The third kappa shape index (κ3) is 1.61. The van der Waals surface area contributed by atoms with Gasteiger partial charge in [-0.15, -0.1) is 0 Å². The summed E-state index contributed by atoms with van der Waals surface area (Å²) in [7, 11) is 0. The molecular formula is C11H10N6O. The fourth-order valence-corrected chi connectivity index (χ4v) is 1.77. The number of pyridine rings is 1. The van der Waals surface area contributed by atoms with E-state index in [4.69, 9.17) is 5.73 Å². The molecule has 2 aromatic heterocycles. The Kier molecular flexibility index (Phi) is 2.30. The fraction of sp³-hybridized carbons (Fsp3) is 0.0909. The average molecular weight is 242 g/mol. The van der Waals surface area contributed by atoms with Crippen LogP contribution >= 0.6 is 0 Å². The zero-order valence-corrected chi connectivity index (χ0v) is 9.34. The van der Waals surface area contributed by atoms with E-state index in [0.717, 1.165) is 5.56 Å². The lowest BCUT2D eigenvalue weighted by Crippen LogP contribution is -2.16. The van der Waals surface area contributed by atoms with Gasteiger partial charge < -0.3 is 16.4 Å². The topological polar surface area (TPSA) is 106 Å². The minimum atomic E-state index is -0.588. The van der Waals surface area contributed by atoms with Crippen LogP contribution in [0.1, 0.15) is 10.5 Å². The van der Waals surface area contributed by atoms with Gasteiger partial charge in [0.25, 0.3) is 5.91 Å². The second kappa shape index (κ2) is 3.95. The van der Waals surface area contributed by atoms with E-state index in [1.165, 1.54) is 0 Å².